The van der Waals surface area contributed by atoms with Crippen LogP contribution in [0.2, 0.25) is 0 Å². The lowest BCUT2D eigenvalue weighted by atomic mass is 10.0. The largest absolute Gasteiger partial charge is 0.491 e. The first-order valence-corrected chi connectivity index (χ1v) is 8.76. The van der Waals surface area contributed by atoms with Crippen molar-refractivity contribution in [2.45, 2.75) is 20.3 Å². The fourth-order valence-corrected chi connectivity index (χ4v) is 2.86. The molecule has 0 saturated carbocycles. The molecule has 27 heavy (non-hydrogen) atoms. The fraction of sp³-hybridized carbons (Fsp3) is 0.238. The lowest BCUT2D eigenvalue weighted by Gasteiger charge is -2.16. The van der Waals surface area contributed by atoms with E-state index in [4.69, 9.17) is 9.84 Å². The molecule has 3 aromatic rings. The molecule has 0 saturated heterocycles. The molecule has 0 amide bonds. The van der Waals surface area contributed by atoms with E-state index >= 15 is 0 Å². The van der Waals surface area contributed by atoms with Crippen LogP contribution in [0.4, 0.5) is 15.8 Å². The van der Waals surface area contributed by atoms with Gasteiger partial charge in [-0.2, -0.15) is 0 Å². The zero-order valence-corrected chi connectivity index (χ0v) is 15.3. The van der Waals surface area contributed by atoms with Crippen molar-refractivity contribution in [3.63, 3.8) is 0 Å². The number of halogens is 1. The van der Waals surface area contributed by atoms with Crippen molar-refractivity contribution < 1.29 is 19.0 Å². The molecule has 6 heteroatoms. The number of carbonyl (C=O) groups is 1. The summed E-state index contributed by atoms with van der Waals surface area (Å²) in [5.74, 6) is 0.203. The predicted molar refractivity (Wildman–Crippen MR) is 103 cm³/mol. The molecule has 0 radical (unpaired) electrons. The van der Waals surface area contributed by atoms with Crippen LogP contribution in [0.3, 0.4) is 0 Å². The molecule has 0 spiro atoms. The van der Waals surface area contributed by atoms with Crippen LogP contribution in [0.15, 0.2) is 42.6 Å². The summed E-state index contributed by atoms with van der Waals surface area (Å²) in [7, 11) is 0. The molecule has 3 rings (SSSR count). The number of hydrogen-bond acceptors (Lipinski definition) is 5. The first-order chi connectivity index (χ1) is 13.0. The van der Waals surface area contributed by atoms with Crippen molar-refractivity contribution in [3.05, 3.63) is 59.5 Å². The number of rotatable bonds is 7. The second-order valence-corrected chi connectivity index (χ2v) is 6.16. The number of benzene rings is 2. The molecule has 5 nitrogen and oxygen atoms in total. The summed E-state index contributed by atoms with van der Waals surface area (Å²) in [5, 5.41) is 13.0. The first kappa shape index (κ1) is 18.8. The number of ether oxygens (including phenoxy) is 1. The molecule has 1 aromatic heterocycles. The Balaban J connectivity index is 2.16. The summed E-state index contributed by atoms with van der Waals surface area (Å²) >= 11 is 0. The number of nitrogens with zero attached hydrogens (tertiary/aromatic N) is 1. The molecule has 140 valence electrons. The van der Waals surface area contributed by atoms with E-state index in [9.17, 15) is 9.18 Å². The average molecular weight is 368 g/mol. The number of aliphatic hydroxyl groups is 1. The van der Waals surface area contributed by atoms with Gasteiger partial charge in [0.05, 0.1) is 23.4 Å². The molecule has 2 N–H and O–H groups in total. The van der Waals surface area contributed by atoms with Crippen LogP contribution in [0, 0.1) is 12.7 Å². The number of aromatic nitrogens is 1. The van der Waals surface area contributed by atoms with Gasteiger partial charge in [0.15, 0.2) is 5.78 Å². The molecule has 0 aliphatic rings. The van der Waals surface area contributed by atoms with Crippen LogP contribution < -0.4 is 10.1 Å². The van der Waals surface area contributed by atoms with Crippen molar-refractivity contribution in [1.29, 1.82) is 0 Å². The maximum absolute atomic E-state index is 13.4. The third-order valence-corrected chi connectivity index (χ3v) is 4.27. The van der Waals surface area contributed by atoms with Gasteiger partial charge in [0.2, 0.25) is 0 Å². The van der Waals surface area contributed by atoms with Gasteiger partial charge >= 0.3 is 0 Å². The zero-order valence-electron chi connectivity index (χ0n) is 15.3. The maximum Gasteiger partial charge on any atom is 0.166 e. The Morgan fingerprint density at radius 3 is 2.78 bits per heavy atom. The number of hydrogen-bond donors (Lipinski definition) is 2. The lowest BCUT2D eigenvalue weighted by Crippen LogP contribution is -2.06. The Bertz CT molecular complexity index is 989. The number of pyridine rings is 1. The predicted octanol–water partition coefficient (Wildman–Crippen LogP) is 4.39. The van der Waals surface area contributed by atoms with E-state index in [0.717, 1.165) is 5.56 Å². The number of anilines is 2. The smallest absolute Gasteiger partial charge is 0.166 e. The molecule has 0 atom stereocenters. The van der Waals surface area contributed by atoms with E-state index in [0.29, 0.717) is 40.0 Å². The van der Waals surface area contributed by atoms with Crippen LogP contribution >= 0.6 is 0 Å². The van der Waals surface area contributed by atoms with Crippen LogP contribution in [0.5, 0.6) is 5.75 Å². The van der Waals surface area contributed by atoms with Gasteiger partial charge in [-0.3, -0.25) is 9.78 Å². The summed E-state index contributed by atoms with van der Waals surface area (Å²) in [5.41, 5.74) is 3.20. The fourth-order valence-electron chi connectivity index (χ4n) is 2.86. The number of carbonyl (C=O) groups excluding carboxylic acids is 1. The van der Waals surface area contributed by atoms with Gasteiger partial charge in [-0.15, -0.1) is 0 Å². The Labute approximate surface area is 156 Å². The van der Waals surface area contributed by atoms with Crippen molar-refractivity contribution in [3.8, 4) is 5.75 Å². The Morgan fingerprint density at radius 1 is 1.26 bits per heavy atom. The summed E-state index contributed by atoms with van der Waals surface area (Å²) in [4.78, 5) is 16.8. The summed E-state index contributed by atoms with van der Waals surface area (Å²) < 4.78 is 18.9. The number of ketones is 1. The normalized spacial score (nSPS) is 10.8. The molecule has 1 heterocycles. The second kappa shape index (κ2) is 8.14. The quantitative estimate of drug-likeness (QED) is 0.605. The molecular weight excluding hydrogens is 347 g/mol. The zero-order chi connectivity index (χ0) is 19.4. The van der Waals surface area contributed by atoms with Crippen molar-refractivity contribution in [2.75, 3.05) is 18.5 Å². The number of Topliss-reactive ketones (excluding diaryl/α,β-unsaturated/α-hetero) is 1. The number of aryl methyl sites for hydroxylation is 1. The molecular formula is C21H21FN2O3. The van der Waals surface area contributed by atoms with Crippen LogP contribution in [-0.2, 0) is 0 Å². The molecule has 0 fully saturated rings. The van der Waals surface area contributed by atoms with Gasteiger partial charge in [-0.05, 0) is 48.9 Å². The highest BCUT2D eigenvalue weighted by Crippen LogP contribution is 2.33. The minimum atomic E-state index is -0.317. The maximum atomic E-state index is 13.4. The number of nitrogens with one attached hydrogen (secondary N) is 1. The molecule has 0 aliphatic carbocycles. The second-order valence-electron chi connectivity index (χ2n) is 6.16. The van der Waals surface area contributed by atoms with E-state index in [2.05, 4.69) is 10.3 Å². The minimum Gasteiger partial charge on any atom is -0.491 e. The standard InChI is InChI=1S/C21H21FN2O3/c1-3-20(26)17-12-23-19-7-5-15(27-9-8-25)11-16(19)21(17)24-18-6-4-14(22)10-13(18)2/h4-7,10-12,25H,3,8-9H2,1-2H3,(H,23,24). The highest BCUT2D eigenvalue weighted by Gasteiger charge is 2.16. The summed E-state index contributed by atoms with van der Waals surface area (Å²) in [6, 6.07) is 9.79. The molecule has 0 aliphatic heterocycles. The average Bonchev–Trinajstić information content (AvgIpc) is 2.67. The van der Waals surface area contributed by atoms with Crippen LogP contribution in [0.25, 0.3) is 10.9 Å². The number of fused-ring (bicyclic) bond motifs is 1. The summed E-state index contributed by atoms with van der Waals surface area (Å²) in [6.07, 6.45) is 1.90. The first-order valence-electron chi connectivity index (χ1n) is 8.76. The monoisotopic (exact) mass is 368 g/mol. The van der Waals surface area contributed by atoms with Gasteiger partial charge in [0.25, 0.3) is 0 Å². The van der Waals surface area contributed by atoms with Gasteiger partial charge < -0.3 is 15.2 Å². The van der Waals surface area contributed by atoms with E-state index in [1.807, 2.05) is 0 Å². The lowest BCUT2D eigenvalue weighted by molar-refractivity contribution is 0.0988. The van der Waals surface area contributed by atoms with E-state index in [-0.39, 0.29) is 24.8 Å². The Hall–Kier alpha value is -2.99. The molecule has 2 aromatic carbocycles. The molecule has 0 unspecified atom stereocenters. The van der Waals surface area contributed by atoms with E-state index in [1.54, 1.807) is 44.3 Å². The van der Waals surface area contributed by atoms with Gasteiger partial charge in [-0.25, -0.2) is 4.39 Å². The van der Waals surface area contributed by atoms with Crippen LogP contribution in [-0.4, -0.2) is 29.1 Å². The van der Waals surface area contributed by atoms with Crippen molar-refractivity contribution in [1.82, 2.24) is 4.98 Å². The highest BCUT2D eigenvalue weighted by atomic mass is 19.1. The van der Waals surface area contributed by atoms with E-state index < -0.39 is 0 Å². The molecule has 0 bridgehead atoms. The van der Waals surface area contributed by atoms with Crippen molar-refractivity contribution >= 4 is 28.1 Å². The highest BCUT2D eigenvalue weighted by molar-refractivity contribution is 6.09. The Kier molecular flexibility index (Phi) is 5.66. The minimum absolute atomic E-state index is 0.0478. The van der Waals surface area contributed by atoms with Gasteiger partial charge in [0.1, 0.15) is 18.2 Å². The summed E-state index contributed by atoms with van der Waals surface area (Å²) in [6.45, 7) is 3.67. The topological polar surface area (TPSA) is 71.5 Å². The van der Waals surface area contributed by atoms with Gasteiger partial charge in [-0.1, -0.05) is 6.92 Å². The van der Waals surface area contributed by atoms with E-state index in [1.165, 1.54) is 12.1 Å². The third kappa shape index (κ3) is 4.06. The SMILES string of the molecule is CCC(=O)c1cnc2ccc(OCCO)cc2c1Nc1ccc(F)cc1C. The van der Waals surface area contributed by atoms with Gasteiger partial charge in [0, 0.05) is 23.7 Å². The number of aliphatic hydroxyl groups excluding tert-OH is 1. The van der Waals surface area contributed by atoms with Crippen molar-refractivity contribution in [2.24, 2.45) is 0 Å². The van der Waals surface area contributed by atoms with Crippen LogP contribution in [0.1, 0.15) is 29.3 Å². The Morgan fingerprint density at radius 2 is 2.07 bits per heavy atom. The third-order valence-electron chi connectivity index (χ3n) is 4.27.